The molecule has 2 atom stereocenters. The van der Waals surface area contributed by atoms with Crippen LogP contribution >= 0.6 is 0 Å². The summed E-state index contributed by atoms with van der Waals surface area (Å²) in [7, 11) is -3.60. The van der Waals surface area contributed by atoms with E-state index in [-0.39, 0.29) is 11.0 Å². The van der Waals surface area contributed by atoms with Crippen LogP contribution in [-0.2, 0) is 14.3 Å². The molecule has 0 heterocycles. The predicted octanol–water partition coefficient (Wildman–Crippen LogP) is 3.28. The Morgan fingerprint density at radius 3 is 2.16 bits per heavy atom. The molecule has 0 N–H and O–H groups in total. The molecule has 0 saturated heterocycles. The van der Waals surface area contributed by atoms with E-state index in [0.717, 1.165) is 31.2 Å². The standard InChI is InChI=1S/C15H20O3S/c1-11-5-9-14(10-6-11)19(16,17)18-15-12-3-2-4-13(15)8-7-12/h5-6,9-10,12-13,15H,2-4,7-8H2,1H3. The van der Waals surface area contributed by atoms with E-state index in [1.54, 1.807) is 12.1 Å². The van der Waals surface area contributed by atoms with Crippen molar-refractivity contribution in [2.24, 2.45) is 11.8 Å². The van der Waals surface area contributed by atoms with Gasteiger partial charge in [-0.25, -0.2) is 0 Å². The van der Waals surface area contributed by atoms with E-state index in [9.17, 15) is 8.42 Å². The summed E-state index contributed by atoms with van der Waals surface area (Å²) >= 11 is 0. The van der Waals surface area contributed by atoms with Gasteiger partial charge in [-0.3, -0.25) is 4.18 Å². The maximum absolute atomic E-state index is 12.3. The third kappa shape index (κ3) is 2.56. The zero-order chi connectivity index (χ0) is 13.5. The fourth-order valence-electron chi connectivity index (χ4n) is 3.46. The van der Waals surface area contributed by atoms with Gasteiger partial charge in [0.25, 0.3) is 10.1 Å². The lowest BCUT2D eigenvalue weighted by molar-refractivity contribution is 0.0898. The van der Waals surface area contributed by atoms with Crippen LogP contribution in [0, 0.1) is 18.8 Å². The normalized spacial score (nSPS) is 30.5. The number of rotatable bonds is 3. The molecule has 2 aliphatic carbocycles. The molecule has 3 rings (SSSR count). The van der Waals surface area contributed by atoms with Gasteiger partial charge in [0.15, 0.2) is 0 Å². The first kappa shape index (κ1) is 13.1. The number of fused-ring (bicyclic) bond motifs is 2. The maximum atomic E-state index is 12.3. The predicted molar refractivity (Wildman–Crippen MR) is 73.3 cm³/mol. The second kappa shape index (κ2) is 4.91. The highest BCUT2D eigenvalue weighted by Gasteiger charge is 2.42. The van der Waals surface area contributed by atoms with E-state index in [2.05, 4.69) is 0 Å². The Balaban J connectivity index is 1.80. The van der Waals surface area contributed by atoms with Crippen molar-refractivity contribution in [3.63, 3.8) is 0 Å². The lowest BCUT2D eigenvalue weighted by Gasteiger charge is -2.29. The van der Waals surface area contributed by atoms with Crippen LogP contribution in [0.2, 0.25) is 0 Å². The Bertz CT molecular complexity index is 531. The lowest BCUT2D eigenvalue weighted by Crippen LogP contribution is -2.31. The summed E-state index contributed by atoms with van der Waals surface area (Å²) in [6, 6.07) is 6.89. The highest BCUT2D eigenvalue weighted by Crippen LogP contribution is 2.44. The van der Waals surface area contributed by atoms with E-state index in [1.807, 2.05) is 19.1 Å². The topological polar surface area (TPSA) is 43.4 Å². The molecule has 1 aromatic carbocycles. The minimum atomic E-state index is -3.60. The third-order valence-electron chi connectivity index (χ3n) is 4.53. The highest BCUT2D eigenvalue weighted by atomic mass is 32.2. The molecule has 2 fully saturated rings. The number of benzene rings is 1. The van der Waals surface area contributed by atoms with E-state index >= 15 is 0 Å². The Morgan fingerprint density at radius 2 is 1.58 bits per heavy atom. The number of hydrogen-bond acceptors (Lipinski definition) is 3. The molecule has 2 bridgehead atoms. The molecule has 0 aliphatic heterocycles. The molecule has 104 valence electrons. The van der Waals surface area contributed by atoms with Crippen molar-refractivity contribution in [1.29, 1.82) is 0 Å². The summed E-state index contributed by atoms with van der Waals surface area (Å²) in [4.78, 5) is 0.281. The summed E-state index contributed by atoms with van der Waals surface area (Å²) < 4.78 is 30.2. The first-order chi connectivity index (χ1) is 9.06. The Labute approximate surface area is 115 Å². The summed E-state index contributed by atoms with van der Waals surface area (Å²) in [5, 5.41) is 0. The van der Waals surface area contributed by atoms with Crippen LogP contribution in [-0.4, -0.2) is 14.5 Å². The summed E-state index contributed by atoms with van der Waals surface area (Å²) in [5.74, 6) is 0.887. The van der Waals surface area contributed by atoms with Crippen LogP contribution in [0.1, 0.15) is 37.7 Å². The van der Waals surface area contributed by atoms with Crippen LogP contribution < -0.4 is 0 Å². The van der Waals surface area contributed by atoms with Gasteiger partial charge >= 0.3 is 0 Å². The monoisotopic (exact) mass is 280 g/mol. The van der Waals surface area contributed by atoms with Crippen molar-refractivity contribution in [2.45, 2.75) is 50.0 Å². The minimum Gasteiger partial charge on any atom is -0.262 e. The van der Waals surface area contributed by atoms with Gasteiger partial charge in [-0.2, -0.15) is 8.42 Å². The summed E-state index contributed by atoms with van der Waals surface area (Å²) in [5.41, 5.74) is 1.05. The van der Waals surface area contributed by atoms with Gasteiger partial charge in [-0.15, -0.1) is 0 Å². The van der Waals surface area contributed by atoms with Gasteiger partial charge in [0, 0.05) is 0 Å². The second-order valence-corrected chi connectivity index (χ2v) is 7.43. The van der Waals surface area contributed by atoms with Gasteiger partial charge in [0.2, 0.25) is 0 Å². The minimum absolute atomic E-state index is 0.0833. The van der Waals surface area contributed by atoms with Gasteiger partial charge in [-0.05, 0) is 56.6 Å². The quantitative estimate of drug-likeness (QED) is 0.798. The first-order valence-corrected chi connectivity index (χ1v) is 8.47. The van der Waals surface area contributed by atoms with Crippen LogP contribution in [0.15, 0.2) is 29.2 Å². The maximum Gasteiger partial charge on any atom is 0.297 e. The van der Waals surface area contributed by atoms with Crippen molar-refractivity contribution in [3.05, 3.63) is 29.8 Å². The van der Waals surface area contributed by atoms with Crippen molar-refractivity contribution in [3.8, 4) is 0 Å². The van der Waals surface area contributed by atoms with Crippen LogP contribution in [0.5, 0.6) is 0 Å². The molecule has 2 saturated carbocycles. The molecular formula is C15H20O3S. The van der Waals surface area contributed by atoms with Crippen molar-refractivity contribution in [1.82, 2.24) is 0 Å². The molecule has 2 aliphatic rings. The largest absolute Gasteiger partial charge is 0.297 e. The zero-order valence-electron chi connectivity index (χ0n) is 11.2. The molecule has 2 unspecified atom stereocenters. The van der Waals surface area contributed by atoms with Gasteiger partial charge in [0.1, 0.15) is 0 Å². The van der Waals surface area contributed by atoms with Crippen LogP contribution in [0.4, 0.5) is 0 Å². The Kier molecular flexibility index (Phi) is 3.39. The zero-order valence-corrected chi connectivity index (χ0v) is 12.0. The molecule has 0 spiro atoms. The molecule has 1 aromatic rings. The van der Waals surface area contributed by atoms with Crippen molar-refractivity contribution < 1.29 is 12.6 Å². The molecule has 0 amide bonds. The van der Waals surface area contributed by atoms with Gasteiger partial charge in [0.05, 0.1) is 11.0 Å². The van der Waals surface area contributed by atoms with Crippen molar-refractivity contribution in [2.75, 3.05) is 0 Å². The Hall–Kier alpha value is -0.870. The summed E-state index contributed by atoms with van der Waals surface area (Å²) in [6.45, 7) is 1.94. The van der Waals surface area contributed by atoms with Gasteiger partial charge < -0.3 is 0 Å². The molecule has 4 heteroatoms. The van der Waals surface area contributed by atoms with E-state index in [1.165, 1.54) is 6.42 Å². The fraction of sp³-hybridized carbons (Fsp3) is 0.600. The lowest BCUT2D eigenvalue weighted by atomic mass is 9.86. The number of aryl methyl sites for hydroxylation is 1. The third-order valence-corrected chi connectivity index (χ3v) is 5.86. The molecule has 3 nitrogen and oxygen atoms in total. The summed E-state index contributed by atoms with van der Waals surface area (Å²) in [6.07, 6.45) is 5.62. The van der Waals surface area contributed by atoms with Crippen LogP contribution in [0.25, 0.3) is 0 Å². The van der Waals surface area contributed by atoms with Crippen molar-refractivity contribution >= 4 is 10.1 Å². The average molecular weight is 280 g/mol. The van der Waals surface area contributed by atoms with E-state index < -0.39 is 10.1 Å². The van der Waals surface area contributed by atoms with Gasteiger partial charge in [-0.1, -0.05) is 24.1 Å². The fourth-order valence-corrected chi connectivity index (χ4v) is 4.65. The smallest absolute Gasteiger partial charge is 0.262 e. The first-order valence-electron chi connectivity index (χ1n) is 7.06. The molecule has 0 radical (unpaired) electrons. The average Bonchev–Trinajstić information content (AvgIpc) is 2.62. The molecule has 0 aromatic heterocycles. The Morgan fingerprint density at radius 1 is 1.00 bits per heavy atom. The van der Waals surface area contributed by atoms with Crippen LogP contribution in [0.3, 0.4) is 0 Å². The number of hydrogen-bond donors (Lipinski definition) is 0. The SMILES string of the molecule is Cc1ccc(S(=O)(=O)OC2C3CCCC2CC3)cc1. The highest BCUT2D eigenvalue weighted by molar-refractivity contribution is 7.86. The molecular weight excluding hydrogens is 260 g/mol. The van der Waals surface area contributed by atoms with E-state index in [0.29, 0.717) is 11.8 Å². The molecule has 19 heavy (non-hydrogen) atoms. The van der Waals surface area contributed by atoms with E-state index in [4.69, 9.17) is 4.18 Å². The second-order valence-electron chi connectivity index (χ2n) is 5.86.